The predicted molar refractivity (Wildman–Crippen MR) is 77.1 cm³/mol. The summed E-state index contributed by atoms with van der Waals surface area (Å²) in [6.45, 7) is 5.69. The molecule has 2 aliphatic rings. The molecule has 1 N–H and O–H groups in total. The molecule has 2 saturated heterocycles. The molecule has 20 heavy (non-hydrogen) atoms. The van der Waals surface area contributed by atoms with Gasteiger partial charge in [0.2, 0.25) is 0 Å². The first kappa shape index (κ1) is 13.6. The molecular formula is C14H22N4O2. The number of morpholine rings is 1. The van der Waals surface area contributed by atoms with Gasteiger partial charge in [-0.3, -0.25) is 0 Å². The minimum absolute atomic E-state index is 0.188. The van der Waals surface area contributed by atoms with Crippen molar-refractivity contribution in [1.29, 1.82) is 0 Å². The number of nitrogens with zero attached hydrogens (tertiary/aromatic N) is 4. The Kier molecular flexibility index (Phi) is 4.03. The van der Waals surface area contributed by atoms with Crippen LogP contribution in [0.1, 0.15) is 19.8 Å². The Morgan fingerprint density at radius 3 is 3.00 bits per heavy atom. The second-order valence-corrected chi connectivity index (χ2v) is 5.53. The molecule has 6 heteroatoms. The van der Waals surface area contributed by atoms with E-state index >= 15 is 0 Å². The van der Waals surface area contributed by atoms with Gasteiger partial charge in [-0.15, -0.1) is 0 Å². The number of hydrogen-bond donors (Lipinski definition) is 1. The van der Waals surface area contributed by atoms with E-state index in [4.69, 9.17) is 4.74 Å². The fourth-order valence-electron chi connectivity index (χ4n) is 3.02. The van der Waals surface area contributed by atoms with E-state index in [1.807, 2.05) is 6.07 Å². The van der Waals surface area contributed by atoms with Crippen LogP contribution in [0, 0.1) is 0 Å². The molecule has 1 aromatic heterocycles. The summed E-state index contributed by atoms with van der Waals surface area (Å²) in [6.07, 6.45) is 4.00. The van der Waals surface area contributed by atoms with Crippen molar-refractivity contribution in [3.8, 4) is 0 Å². The summed E-state index contributed by atoms with van der Waals surface area (Å²) in [6, 6.07) is 2.23. The lowest BCUT2D eigenvalue weighted by Gasteiger charge is -2.32. The van der Waals surface area contributed by atoms with Gasteiger partial charge in [0.25, 0.3) is 0 Å². The molecule has 0 radical (unpaired) electrons. The van der Waals surface area contributed by atoms with Crippen molar-refractivity contribution in [3.63, 3.8) is 0 Å². The molecule has 0 aliphatic carbocycles. The van der Waals surface area contributed by atoms with Crippen molar-refractivity contribution in [2.24, 2.45) is 0 Å². The Hall–Kier alpha value is -1.40. The van der Waals surface area contributed by atoms with Gasteiger partial charge in [-0.25, -0.2) is 9.97 Å². The monoisotopic (exact) mass is 278 g/mol. The smallest absolute Gasteiger partial charge is 0.134 e. The van der Waals surface area contributed by atoms with Gasteiger partial charge < -0.3 is 19.6 Å². The van der Waals surface area contributed by atoms with Gasteiger partial charge in [-0.2, -0.15) is 0 Å². The van der Waals surface area contributed by atoms with Gasteiger partial charge in [0.05, 0.1) is 25.4 Å². The zero-order chi connectivity index (χ0) is 13.9. The molecule has 0 unspecified atom stereocenters. The van der Waals surface area contributed by atoms with Gasteiger partial charge in [-0.1, -0.05) is 0 Å². The van der Waals surface area contributed by atoms with E-state index in [9.17, 15) is 5.11 Å². The van der Waals surface area contributed by atoms with E-state index in [0.717, 1.165) is 50.7 Å². The zero-order valence-electron chi connectivity index (χ0n) is 11.9. The normalized spacial score (nSPS) is 27.1. The Balaban J connectivity index is 1.78. The average molecular weight is 278 g/mol. The number of aliphatic hydroxyl groups excluding tert-OH is 1. The van der Waals surface area contributed by atoms with Crippen LogP contribution in [0.5, 0.6) is 0 Å². The molecule has 3 rings (SSSR count). The SMILES string of the molecule is C[C@@H]1CN(c2cc(N3CCC[C@H]3CO)ncn2)CCO1. The van der Waals surface area contributed by atoms with Crippen LogP contribution in [0.25, 0.3) is 0 Å². The fraction of sp³-hybridized carbons (Fsp3) is 0.714. The number of aromatic nitrogens is 2. The summed E-state index contributed by atoms with van der Waals surface area (Å²) in [7, 11) is 0. The van der Waals surface area contributed by atoms with Crippen molar-refractivity contribution >= 4 is 11.6 Å². The molecular weight excluding hydrogens is 256 g/mol. The molecule has 6 nitrogen and oxygen atoms in total. The average Bonchev–Trinajstić information content (AvgIpc) is 2.96. The van der Waals surface area contributed by atoms with Crippen molar-refractivity contribution in [1.82, 2.24) is 9.97 Å². The van der Waals surface area contributed by atoms with Crippen LogP contribution in [-0.4, -0.2) is 60.1 Å². The maximum absolute atomic E-state index is 9.44. The Morgan fingerprint density at radius 2 is 2.20 bits per heavy atom. The predicted octanol–water partition coefficient (Wildman–Crippen LogP) is 0.663. The van der Waals surface area contributed by atoms with Crippen LogP contribution >= 0.6 is 0 Å². The second-order valence-electron chi connectivity index (χ2n) is 5.53. The van der Waals surface area contributed by atoms with E-state index in [-0.39, 0.29) is 18.8 Å². The molecule has 0 bridgehead atoms. The van der Waals surface area contributed by atoms with Crippen molar-refractivity contribution < 1.29 is 9.84 Å². The number of rotatable bonds is 3. The van der Waals surface area contributed by atoms with E-state index in [1.165, 1.54) is 0 Å². The van der Waals surface area contributed by atoms with E-state index in [2.05, 4.69) is 26.7 Å². The van der Waals surface area contributed by atoms with Gasteiger partial charge in [0, 0.05) is 25.7 Å². The van der Waals surface area contributed by atoms with E-state index < -0.39 is 0 Å². The van der Waals surface area contributed by atoms with Crippen LogP contribution in [0.15, 0.2) is 12.4 Å². The summed E-state index contributed by atoms with van der Waals surface area (Å²) in [5.41, 5.74) is 0. The van der Waals surface area contributed by atoms with Crippen molar-refractivity contribution in [2.45, 2.75) is 31.9 Å². The molecule has 0 spiro atoms. The lowest BCUT2D eigenvalue weighted by molar-refractivity contribution is 0.0529. The standard InChI is InChI=1S/C14H22N4O2/c1-11-8-17(5-6-20-11)13-7-14(16-10-15-13)18-4-2-3-12(18)9-19/h7,10-12,19H,2-6,8-9H2,1H3/t11-,12+/m1/s1. The minimum atomic E-state index is 0.188. The molecule has 2 aliphatic heterocycles. The molecule has 0 aromatic carbocycles. The second kappa shape index (κ2) is 5.93. The maximum atomic E-state index is 9.44. The highest BCUT2D eigenvalue weighted by Crippen LogP contribution is 2.26. The van der Waals surface area contributed by atoms with E-state index in [0.29, 0.717) is 0 Å². The highest BCUT2D eigenvalue weighted by atomic mass is 16.5. The molecule has 0 amide bonds. The third-order valence-corrected chi connectivity index (χ3v) is 4.09. The Bertz CT molecular complexity index is 457. The summed E-state index contributed by atoms with van der Waals surface area (Å²) < 4.78 is 5.57. The summed E-state index contributed by atoms with van der Waals surface area (Å²) in [4.78, 5) is 13.2. The van der Waals surface area contributed by atoms with Crippen LogP contribution in [0.2, 0.25) is 0 Å². The molecule has 0 saturated carbocycles. The minimum Gasteiger partial charge on any atom is -0.394 e. The molecule has 3 heterocycles. The molecule has 1 aromatic rings. The van der Waals surface area contributed by atoms with Crippen LogP contribution in [0.3, 0.4) is 0 Å². The first-order chi connectivity index (χ1) is 9.78. The van der Waals surface area contributed by atoms with Crippen LogP contribution in [-0.2, 0) is 4.74 Å². The van der Waals surface area contributed by atoms with Crippen molar-refractivity contribution in [3.05, 3.63) is 12.4 Å². The molecule has 2 atom stereocenters. The lowest BCUT2D eigenvalue weighted by atomic mass is 10.2. The van der Waals surface area contributed by atoms with Gasteiger partial charge in [0.15, 0.2) is 0 Å². The lowest BCUT2D eigenvalue weighted by Crippen LogP contribution is -2.41. The third kappa shape index (κ3) is 2.71. The Morgan fingerprint density at radius 1 is 1.35 bits per heavy atom. The number of ether oxygens (including phenoxy) is 1. The fourth-order valence-corrected chi connectivity index (χ4v) is 3.02. The van der Waals surface area contributed by atoms with Crippen molar-refractivity contribution in [2.75, 3.05) is 42.6 Å². The quantitative estimate of drug-likeness (QED) is 0.876. The molecule has 110 valence electrons. The summed E-state index contributed by atoms with van der Waals surface area (Å²) in [5, 5.41) is 9.44. The number of anilines is 2. The summed E-state index contributed by atoms with van der Waals surface area (Å²) in [5.74, 6) is 1.87. The highest BCUT2D eigenvalue weighted by Gasteiger charge is 2.26. The highest BCUT2D eigenvalue weighted by molar-refractivity contribution is 5.51. The van der Waals surface area contributed by atoms with Crippen LogP contribution < -0.4 is 9.80 Å². The van der Waals surface area contributed by atoms with Gasteiger partial charge in [-0.05, 0) is 19.8 Å². The van der Waals surface area contributed by atoms with Crippen LogP contribution in [0.4, 0.5) is 11.6 Å². The first-order valence-corrected chi connectivity index (χ1v) is 7.34. The molecule has 2 fully saturated rings. The third-order valence-electron chi connectivity index (χ3n) is 4.09. The number of hydrogen-bond acceptors (Lipinski definition) is 6. The van der Waals surface area contributed by atoms with Gasteiger partial charge in [0.1, 0.15) is 18.0 Å². The Labute approximate surface area is 119 Å². The van der Waals surface area contributed by atoms with E-state index in [1.54, 1.807) is 6.33 Å². The topological polar surface area (TPSA) is 61.7 Å². The summed E-state index contributed by atoms with van der Waals surface area (Å²) >= 11 is 0. The zero-order valence-corrected chi connectivity index (χ0v) is 11.9. The van der Waals surface area contributed by atoms with Gasteiger partial charge >= 0.3 is 0 Å². The maximum Gasteiger partial charge on any atom is 0.134 e. The largest absolute Gasteiger partial charge is 0.394 e. The first-order valence-electron chi connectivity index (χ1n) is 7.34. The number of aliphatic hydroxyl groups is 1.